The van der Waals surface area contributed by atoms with Gasteiger partial charge in [0.15, 0.2) is 5.65 Å². The highest BCUT2D eigenvalue weighted by atomic mass is 16.5. The van der Waals surface area contributed by atoms with Crippen LogP contribution < -0.4 is 4.74 Å². The first-order valence-corrected chi connectivity index (χ1v) is 10.1. The van der Waals surface area contributed by atoms with Gasteiger partial charge >= 0.3 is 0 Å². The van der Waals surface area contributed by atoms with E-state index in [9.17, 15) is 0 Å². The number of piperidine rings is 1. The Morgan fingerprint density at radius 2 is 1.96 bits per heavy atom. The van der Waals surface area contributed by atoms with Crippen molar-refractivity contribution in [2.75, 3.05) is 26.2 Å². The largest absolute Gasteiger partial charge is 0.477 e. The van der Waals surface area contributed by atoms with E-state index in [-0.39, 0.29) is 0 Å². The van der Waals surface area contributed by atoms with E-state index >= 15 is 0 Å². The molecule has 0 radical (unpaired) electrons. The molecule has 28 heavy (non-hydrogen) atoms. The fourth-order valence-electron chi connectivity index (χ4n) is 4.07. The van der Waals surface area contributed by atoms with Crippen molar-refractivity contribution in [3.63, 3.8) is 0 Å². The number of hydrogen-bond donors (Lipinski definition) is 1. The van der Waals surface area contributed by atoms with Crippen molar-refractivity contribution < 1.29 is 4.74 Å². The number of aromatic nitrogens is 4. The van der Waals surface area contributed by atoms with Gasteiger partial charge in [0.2, 0.25) is 5.88 Å². The number of H-pyrrole nitrogens is 1. The molecule has 6 heteroatoms. The highest BCUT2D eigenvalue weighted by Crippen LogP contribution is 2.28. The molecule has 1 fully saturated rings. The fraction of sp³-hybridized carbons (Fsp3) is 0.364. The summed E-state index contributed by atoms with van der Waals surface area (Å²) in [6.45, 7) is 4.25. The molecule has 1 aliphatic rings. The summed E-state index contributed by atoms with van der Waals surface area (Å²) >= 11 is 0. The maximum atomic E-state index is 5.95. The highest BCUT2D eigenvalue weighted by Gasteiger charge is 2.12. The molecule has 1 aromatic carbocycles. The van der Waals surface area contributed by atoms with Gasteiger partial charge in [0.1, 0.15) is 0 Å². The number of rotatable bonds is 6. The number of aromatic amines is 1. The van der Waals surface area contributed by atoms with Crippen molar-refractivity contribution in [3.8, 4) is 17.1 Å². The zero-order chi connectivity index (χ0) is 18.8. The quantitative estimate of drug-likeness (QED) is 0.515. The van der Waals surface area contributed by atoms with Crippen molar-refractivity contribution in [2.45, 2.75) is 25.7 Å². The second-order valence-electron chi connectivity index (χ2n) is 7.43. The van der Waals surface area contributed by atoms with E-state index in [0.717, 1.165) is 35.4 Å². The number of ether oxygens (including phenoxy) is 1. The summed E-state index contributed by atoms with van der Waals surface area (Å²) in [5.41, 5.74) is 4.01. The minimum Gasteiger partial charge on any atom is -0.477 e. The molecule has 0 aliphatic carbocycles. The molecular formula is C22H25N5O. The van der Waals surface area contributed by atoms with Crippen LogP contribution in [0.3, 0.4) is 0 Å². The topological polar surface area (TPSA) is 58.4 Å². The highest BCUT2D eigenvalue weighted by molar-refractivity contribution is 5.94. The second kappa shape index (κ2) is 7.64. The van der Waals surface area contributed by atoms with Gasteiger partial charge in [0, 0.05) is 35.3 Å². The van der Waals surface area contributed by atoms with E-state index in [1.807, 2.05) is 29.0 Å². The zero-order valence-corrected chi connectivity index (χ0v) is 16.0. The van der Waals surface area contributed by atoms with Crippen LogP contribution >= 0.6 is 0 Å². The molecule has 1 N–H and O–H groups in total. The zero-order valence-electron chi connectivity index (χ0n) is 16.0. The molecule has 6 nitrogen and oxygen atoms in total. The molecule has 0 atom stereocenters. The third-order valence-electron chi connectivity index (χ3n) is 5.53. The molecule has 144 valence electrons. The Hall–Kier alpha value is -2.86. The Morgan fingerprint density at radius 3 is 2.89 bits per heavy atom. The predicted octanol–water partition coefficient (Wildman–Crippen LogP) is 4.13. The summed E-state index contributed by atoms with van der Waals surface area (Å²) in [7, 11) is 0. The van der Waals surface area contributed by atoms with Gasteiger partial charge in [-0.15, -0.1) is 5.10 Å². The molecule has 4 heterocycles. The van der Waals surface area contributed by atoms with E-state index in [0.29, 0.717) is 12.5 Å². The van der Waals surface area contributed by atoms with E-state index in [1.165, 1.54) is 37.7 Å². The van der Waals surface area contributed by atoms with Crippen LogP contribution in [0.5, 0.6) is 5.88 Å². The first kappa shape index (κ1) is 17.3. The average molecular weight is 375 g/mol. The lowest BCUT2D eigenvalue weighted by molar-refractivity contribution is 0.202. The van der Waals surface area contributed by atoms with Crippen molar-refractivity contribution in [1.29, 1.82) is 0 Å². The lowest BCUT2D eigenvalue weighted by Gasteiger charge is -2.26. The Morgan fingerprint density at radius 1 is 1.04 bits per heavy atom. The Labute approximate surface area is 164 Å². The Kier molecular flexibility index (Phi) is 4.71. The lowest BCUT2D eigenvalue weighted by atomic mass is 10.1. The maximum absolute atomic E-state index is 5.95. The Bertz CT molecular complexity index is 1080. The molecule has 0 unspecified atom stereocenters. The van der Waals surface area contributed by atoms with Crippen LogP contribution in [-0.2, 0) is 0 Å². The third kappa shape index (κ3) is 3.36. The number of nitrogens with one attached hydrogen (secondary N) is 1. The summed E-state index contributed by atoms with van der Waals surface area (Å²) in [5, 5.41) is 5.86. The summed E-state index contributed by atoms with van der Waals surface area (Å²) in [5.74, 6) is 0.645. The minimum absolute atomic E-state index is 0.645. The molecule has 0 spiro atoms. The standard InChI is InChI=1S/C22H25N5O/c1-2-12-26(13-3-1)14-5-15-28-22-9-8-21-24-16-20(27(21)25-22)18-6-4-7-19-17(18)10-11-23-19/h4,6-11,16,23H,1-3,5,12-15H2. The monoisotopic (exact) mass is 375 g/mol. The van der Waals surface area contributed by atoms with Crippen molar-refractivity contribution in [3.05, 3.63) is 48.8 Å². The van der Waals surface area contributed by atoms with Gasteiger partial charge in [-0.25, -0.2) is 9.50 Å². The number of benzene rings is 1. The van der Waals surface area contributed by atoms with E-state index in [2.05, 4.69) is 39.1 Å². The van der Waals surface area contributed by atoms with Gasteiger partial charge < -0.3 is 14.6 Å². The number of nitrogens with zero attached hydrogens (tertiary/aromatic N) is 4. The molecule has 1 saturated heterocycles. The second-order valence-corrected chi connectivity index (χ2v) is 7.43. The van der Waals surface area contributed by atoms with Crippen LogP contribution in [0.2, 0.25) is 0 Å². The molecular weight excluding hydrogens is 350 g/mol. The average Bonchev–Trinajstić information content (AvgIpc) is 3.38. The number of fused-ring (bicyclic) bond motifs is 2. The van der Waals surface area contributed by atoms with Gasteiger partial charge in [0.05, 0.1) is 18.5 Å². The molecule has 0 bridgehead atoms. The SMILES string of the molecule is c1cc(-c2cnc3ccc(OCCCN4CCCCC4)nn23)c2cc[nH]c2c1. The number of hydrogen-bond acceptors (Lipinski definition) is 4. The van der Waals surface area contributed by atoms with Gasteiger partial charge in [-0.3, -0.25) is 0 Å². The normalized spacial score (nSPS) is 15.4. The number of likely N-dealkylation sites (tertiary alicyclic amines) is 1. The van der Waals surface area contributed by atoms with Crippen LogP contribution in [-0.4, -0.2) is 50.7 Å². The third-order valence-corrected chi connectivity index (χ3v) is 5.53. The first-order valence-electron chi connectivity index (χ1n) is 10.1. The first-order chi connectivity index (χ1) is 13.9. The predicted molar refractivity (Wildman–Crippen MR) is 111 cm³/mol. The summed E-state index contributed by atoms with van der Waals surface area (Å²) in [6, 6.07) is 12.2. The van der Waals surface area contributed by atoms with Crippen molar-refractivity contribution >= 4 is 16.6 Å². The van der Waals surface area contributed by atoms with Crippen LogP contribution in [0, 0.1) is 0 Å². The van der Waals surface area contributed by atoms with Crippen molar-refractivity contribution in [2.24, 2.45) is 0 Å². The van der Waals surface area contributed by atoms with Crippen LogP contribution in [0.1, 0.15) is 25.7 Å². The molecule has 0 saturated carbocycles. The summed E-state index contributed by atoms with van der Waals surface area (Å²) in [6.07, 6.45) is 8.90. The Balaban J connectivity index is 1.33. The lowest BCUT2D eigenvalue weighted by Crippen LogP contribution is -2.31. The van der Waals surface area contributed by atoms with E-state index in [1.54, 1.807) is 0 Å². The van der Waals surface area contributed by atoms with Gasteiger partial charge in [-0.1, -0.05) is 18.6 Å². The molecule has 1 aliphatic heterocycles. The molecule has 5 rings (SSSR count). The van der Waals surface area contributed by atoms with Crippen LogP contribution in [0.15, 0.2) is 48.8 Å². The summed E-state index contributed by atoms with van der Waals surface area (Å²) < 4.78 is 7.82. The molecule has 3 aromatic heterocycles. The van der Waals surface area contributed by atoms with Gasteiger partial charge in [0.25, 0.3) is 0 Å². The molecule has 0 amide bonds. The molecule has 4 aromatic rings. The smallest absolute Gasteiger partial charge is 0.231 e. The van der Waals surface area contributed by atoms with E-state index < -0.39 is 0 Å². The number of imidazole rings is 1. The van der Waals surface area contributed by atoms with Gasteiger partial charge in [-0.2, -0.15) is 0 Å². The van der Waals surface area contributed by atoms with Crippen LogP contribution in [0.4, 0.5) is 0 Å². The van der Waals surface area contributed by atoms with Crippen molar-refractivity contribution in [1.82, 2.24) is 24.5 Å². The minimum atomic E-state index is 0.645. The maximum Gasteiger partial charge on any atom is 0.231 e. The summed E-state index contributed by atoms with van der Waals surface area (Å²) in [4.78, 5) is 10.3. The fourth-order valence-corrected chi connectivity index (χ4v) is 4.07. The van der Waals surface area contributed by atoms with Crippen LogP contribution in [0.25, 0.3) is 27.8 Å². The van der Waals surface area contributed by atoms with E-state index in [4.69, 9.17) is 9.84 Å². The van der Waals surface area contributed by atoms with Gasteiger partial charge in [-0.05, 0) is 50.6 Å².